The Morgan fingerprint density at radius 1 is 1.19 bits per heavy atom. The number of aryl methyl sites for hydroxylation is 1. The number of pyridine rings is 1. The number of nitrogens with one attached hydrogen (secondary N) is 1. The van der Waals surface area contributed by atoms with Crippen molar-refractivity contribution >= 4 is 21.6 Å². The van der Waals surface area contributed by atoms with Crippen LogP contribution in [0.15, 0.2) is 53.1 Å². The first kappa shape index (κ1) is 14.3. The van der Waals surface area contributed by atoms with Crippen molar-refractivity contribution < 1.29 is 0 Å². The molecule has 3 rings (SSSR count). The second kappa shape index (κ2) is 6.00. The molecule has 1 atom stereocenters. The molecule has 1 unspecified atom stereocenters. The van der Waals surface area contributed by atoms with E-state index in [4.69, 9.17) is 0 Å². The van der Waals surface area contributed by atoms with Gasteiger partial charge >= 0.3 is 0 Å². The lowest BCUT2D eigenvalue weighted by Crippen LogP contribution is -2.19. The van der Waals surface area contributed by atoms with E-state index in [1.54, 1.807) is 0 Å². The highest BCUT2D eigenvalue weighted by molar-refractivity contribution is 9.10. The zero-order chi connectivity index (χ0) is 14.8. The van der Waals surface area contributed by atoms with E-state index in [1.165, 1.54) is 11.3 Å². The summed E-state index contributed by atoms with van der Waals surface area (Å²) < 4.78 is 3.29. The van der Waals surface area contributed by atoms with Gasteiger partial charge in [0.1, 0.15) is 5.65 Å². The van der Waals surface area contributed by atoms with E-state index in [0.29, 0.717) is 0 Å². The molecule has 1 aromatic carbocycles. The Kier molecular flexibility index (Phi) is 4.08. The van der Waals surface area contributed by atoms with Gasteiger partial charge in [-0.3, -0.25) is 0 Å². The minimum atomic E-state index is 0.272. The second-order valence-corrected chi connectivity index (χ2v) is 6.05. The molecule has 0 aliphatic heterocycles. The lowest BCUT2D eigenvalue weighted by molar-refractivity contribution is 0.562. The molecule has 0 amide bonds. The fraction of sp³-hybridized carbons (Fsp3) is 0.235. The molecule has 3 aromatic rings. The molecule has 0 aliphatic carbocycles. The van der Waals surface area contributed by atoms with Gasteiger partial charge in [-0.05, 0) is 37.6 Å². The monoisotopic (exact) mass is 343 g/mol. The number of imidazole rings is 1. The Hall–Kier alpha value is -1.65. The Labute approximate surface area is 133 Å². The number of benzene rings is 1. The lowest BCUT2D eigenvalue weighted by Gasteiger charge is -2.16. The van der Waals surface area contributed by atoms with Crippen molar-refractivity contribution in [1.29, 1.82) is 0 Å². The van der Waals surface area contributed by atoms with Crippen LogP contribution in [0.4, 0.5) is 0 Å². The van der Waals surface area contributed by atoms with Crippen LogP contribution >= 0.6 is 15.9 Å². The van der Waals surface area contributed by atoms with Gasteiger partial charge < -0.3 is 9.72 Å². The summed E-state index contributed by atoms with van der Waals surface area (Å²) >= 11 is 3.61. The number of aromatic nitrogens is 2. The molecule has 4 heteroatoms. The molecule has 0 radical (unpaired) electrons. The Bertz CT molecular complexity index is 764. The molecule has 21 heavy (non-hydrogen) atoms. The average Bonchev–Trinajstić information content (AvgIpc) is 2.81. The largest absolute Gasteiger partial charge is 0.305 e. The molecular weight excluding hydrogens is 326 g/mol. The minimum absolute atomic E-state index is 0.272. The molecule has 108 valence electrons. The van der Waals surface area contributed by atoms with Gasteiger partial charge in [0.05, 0.1) is 11.4 Å². The van der Waals surface area contributed by atoms with Crippen LogP contribution < -0.4 is 5.32 Å². The first-order valence-electron chi connectivity index (χ1n) is 7.07. The molecule has 1 N–H and O–H groups in total. The molecular formula is C17H18BrN3. The second-order valence-electron chi connectivity index (χ2n) is 5.20. The van der Waals surface area contributed by atoms with Gasteiger partial charge in [0.15, 0.2) is 0 Å². The van der Waals surface area contributed by atoms with Crippen LogP contribution in [0.2, 0.25) is 0 Å². The van der Waals surface area contributed by atoms with E-state index < -0.39 is 0 Å². The molecule has 0 fully saturated rings. The lowest BCUT2D eigenvalue weighted by atomic mass is 10.1. The van der Waals surface area contributed by atoms with Crippen molar-refractivity contribution in [3.8, 4) is 0 Å². The fourth-order valence-corrected chi connectivity index (χ4v) is 3.19. The first-order chi connectivity index (χ1) is 10.2. The number of halogens is 1. The van der Waals surface area contributed by atoms with Crippen LogP contribution in [0, 0.1) is 6.92 Å². The quantitative estimate of drug-likeness (QED) is 0.766. The zero-order valence-electron chi connectivity index (χ0n) is 12.2. The van der Waals surface area contributed by atoms with Crippen LogP contribution in [-0.2, 0) is 6.54 Å². The van der Waals surface area contributed by atoms with Gasteiger partial charge in [-0.25, -0.2) is 4.98 Å². The fourth-order valence-electron chi connectivity index (χ4n) is 2.56. The third-order valence-corrected chi connectivity index (χ3v) is 4.50. The van der Waals surface area contributed by atoms with Crippen molar-refractivity contribution in [2.45, 2.75) is 26.4 Å². The summed E-state index contributed by atoms with van der Waals surface area (Å²) in [7, 11) is 0. The predicted molar refractivity (Wildman–Crippen MR) is 89.3 cm³/mol. The Balaban J connectivity index is 1.81. The van der Waals surface area contributed by atoms with E-state index >= 15 is 0 Å². The summed E-state index contributed by atoms with van der Waals surface area (Å²) in [6.07, 6.45) is 2.06. The van der Waals surface area contributed by atoms with Crippen molar-refractivity contribution in [3.63, 3.8) is 0 Å². The summed E-state index contributed by atoms with van der Waals surface area (Å²) in [6.45, 7) is 5.03. The summed E-state index contributed by atoms with van der Waals surface area (Å²) in [5.74, 6) is 0. The maximum Gasteiger partial charge on any atom is 0.137 e. The molecule has 0 saturated heterocycles. The highest BCUT2D eigenvalue weighted by Crippen LogP contribution is 2.23. The highest BCUT2D eigenvalue weighted by Gasteiger charge is 2.12. The van der Waals surface area contributed by atoms with E-state index in [9.17, 15) is 0 Å². The van der Waals surface area contributed by atoms with Gasteiger partial charge in [0, 0.05) is 23.3 Å². The SMILES string of the molecule is Cc1nc2ccccn2c1CNC(C)c1ccccc1Br. The molecule has 0 bridgehead atoms. The zero-order valence-corrected chi connectivity index (χ0v) is 13.8. The minimum Gasteiger partial charge on any atom is -0.305 e. The maximum absolute atomic E-state index is 4.60. The predicted octanol–water partition coefficient (Wildman–Crippen LogP) is 4.26. The Morgan fingerprint density at radius 2 is 1.95 bits per heavy atom. The summed E-state index contributed by atoms with van der Waals surface area (Å²) in [4.78, 5) is 4.60. The van der Waals surface area contributed by atoms with Crippen molar-refractivity contribution in [3.05, 3.63) is 70.1 Å². The first-order valence-corrected chi connectivity index (χ1v) is 7.86. The van der Waals surface area contributed by atoms with Crippen molar-refractivity contribution in [2.24, 2.45) is 0 Å². The van der Waals surface area contributed by atoms with Crippen molar-refractivity contribution in [1.82, 2.24) is 14.7 Å². The average molecular weight is 344 g/mol. The number of rotatable bonds is 4. The van der Waals surface area contributed by atoms with E-state index in [2.05, 4.69) is 68.9 Å². The standard InChI is InChI=1S/C17H18BrN3/c1-12(14-7-3-4-8-15(14)18)19-11-16-13(2)20-17-9-5-6-10-21(16)17/h3-10,12,19H,11H2,1-2H3. The van der Waals surface area contributed by atoms with Gasteiger partial charge in [0.2, 0.25) is 0 Å². The van der Waals surface area contributed by atoms with Crippen LogP contribution in [0.1, 0.15) is 29.9 Å². The van der Waals surface area contributed by atoms with E-state index in [0.717, 1.165) is 22.4 Å². The van der Waals surface area contributed by atoms with E-state index in [1.807, 2.05) is 24.3 Å². The number of fused-ring (bicyclic) bond motifs is 1. The molecule has 0 spiro atoms. The van der Waals surface area contributed by atoms with Gasteiger partial charge in [-0.2, -0.15) is 0 Å². The van der Waals surface area contributed by atoms with Crippen molar-refractivity contribution in [2.75, 3.05) is 0 Å². The van der Waals surface area contributed by atoms with Crippen LogP contribution in [0.3, 0.4) is 0 Å². The molecule has 0 saturated carbocycles. The molecule has 3 nitrogen and oxygen atoms in total. The normalized spacial score (nSPS) is 12.7. The summed E-state index contributed by atoms with van der Waals surface area (Å²) in [6, 6.07) is 14.7. The smallest absolute Gasteiger partial charge is 0.137 e. The van der Waals surface area contributed by atoms with Gasteiger partial charge in [-0.1, -0.05) is 40.2 Å². The van der Waals surface area contributed by atoms with Gasteiger partial charge in [-0.15, -0.1) is 0 Å². The number of hydrogen-bond acceptors (Lipinski definition) is 2. The Morgan fingerprint density at radius 3 is 2.76 bits per heavy atom. The number of hydrogen-bond donors (Lipinski definition) is 1. The van der Waals surface area contributed by atoms with Crippen LogP contribution in [-0.4, -0.2) is 9.38 Å². The summed E-state index contributed by atoms with van der Waals surface area (Å²) in [5, 5.41) is 3.58. The molecule has 0 aliphatic rings. The summed E-state index contributed by atoms with van der Waals surface area (Å²) in [5.41, 5.74) is 4.56. The van der Waals surface area contributed by atoms with E-state index in [-0.39, 0.29) is 6.04 Å². The van der Waals surface area contributed by atoms with Crippen LogP contribution in [0.5, 0.6) is 0 Å². The third-order valence-electron chi connectivity index (χ3n) is 3.78. The maximum atomic E-state index is 4.60. The van der Waals surface area contributed by atoms with Gasteiger partial charge in [0.25, 0.3) is 0 Å². The molecule has 2 aromatic heterocycles. The molecule has 2 heterocycles. The number of nitrogens with zero attached hydrogens (tertiary/aromatic N) is 2. The third kappa shape index (κ3) is 2.87. The highest BCUT2D eigenvalue weighted by atomic mass is 79.9. The van der Waals surface area contributed by atoms with Crippen LogP contribution in [0.25, 0.3) is 5.65 Å². The topological polar surface area (TPSA) is 29.3 Å².